The minimum absolute atomic E-state index is 0.466. The van der Waals surface area contributed by atoms with Gasteiger partial charge in [0.15, 0.2) is 0 Å². The highest BCUT2D eigenvalue weighted by Gasteiger charge is 2.52. The summed E-state index contributed by atoms with van der Waals surface area (Å²) in [7, 11) is 1.81. The molecule has 1 saturated heterocycles. The van der Waals surface area contributed by atoms with Gasteiger partial charge in [-0.3, -0.25) is 0 Å². The van der Waals surface area contributed by atoms with Crippen molar-refractivity contribution in [1.29, 1.82) is 0 Å². The van der Waals surface area contributed by atoms with Gasteiger partial charge in [-0.05, 0) is 29.2 Å². The van der Waals surface area contributed by atoms with Gasteiger partial charge in [0.2, 0.25) is 5.95 Å². The number of aryl methyl sites for hydroxylation is 1. The van der Waals surface area contributed by atoms with E-state index in [9.17, 15) is 5.11 Å². The van der Waals surface area contributed by atoms with Gasteiger partial charge in [-0.25, -0.2) is 4.68 Å². The van der Waals surface area contributed by atoms with Gasteiger partial charge in [0, 0.05) is 7.05 Å². The maximum Gasteiger partial charge on any atom is 0.245 e. The Morgan fingerprint density at radius 2 is 2.14 bits per heavy atom. The zero-order valence-corrected chi connectivity index (χ0v) is 8.09. The Morgan fingerprint density at radius 3 is 2.64 bits per heavy atom. The van der Waals surface area contributed by atoms with Crippen molar-refractivity contribution in [3.8, 4) is 0 Å². The van der Waals surface area contributed by atoms with E-state index in [1.807, 2.05) is 11.9 Å². The van der Waals surface area contributed by atoms with Crippen LogP contribution >= 0.6 is 0 Å². The van der Waals surface area contributed by atoms with Crippen molar-refractivity contribution in [3.63, 3.8) is 0 Å². The van der Waals surface area contributed by atoms with Crippen molar-refractivity contribution < 1.29 is 5.11 Å². The number of β-amino-alcohol motifs (C(OH)–C–C–N with tert-alkyl or cyclic N) is 1. The van der Waals surface area contributed by atoms with E-state index in [1.54, 1.807) is 4.68 Å². The van der Waals surface area contributed by atoms with Crippen LogP contribution in [-0.2, 0) is 7.05 Å². The molecule has 1 aromatic rings. The Labute approximate surface area is 81.5 Å². The standard InChI is InChI=1S/C8H13N5O/c1-12-7(9-10-11-12)13-4-8(14,5-13)6-2-3-6/h6,14H,2-5H2,1H3. The fourth-order valence-electron chi connectivity index (χ4n) is 2.13. The predicted octanol–water partition coefficient (Wildman–Crippen LogP) is -0.829. The van der Waals surface area contributed by atoms with E-state index < -0.39 is 5.60 Å². The number of hydrogen-bond donors (Lipinski definition) is 1. The van der Waals surface area contributed by atoms with Crippen LogP contribution in [0.1, 0.15) is 12.8 Å². The van der Waals surface area contributed by atoms with Gasteiger partial charge in [-0.15, -0.1) is 0 Å². The van der Waals surface area contributed by atoms with Crippen LogP contribution in [0.5, 0.6) is 0 Å². The highest BCUT2D eigenvalue weighted by atomic mass is 16.3. The minimum atomic E-state index is -0.466. The number of nitrogens with zero attached hydrogens (tertiary/aromatic N) is 5. The SMILES string of the molecule is Cn1nnnc1N1CC(O)(C2CC2)C1. The van der Waals surface area contributed by atoms with Crippen molar-refractivity contribution in [1.82, 2.24) is 20.2 Å². The second-order valence-corrected chi connectivity index (χ2v) is 4.34. The Hall–Kier alpha value is -1.17. The number of tetrazole rings is 1. The fraction of sp³-hybridized carbons (Fsp3) is 0.875. The lowest BCUT2D eigenvalue weighted by molar-refractivity contribution is -0.0105. The van der Waals surface area contributed by atoms with Crippen molar-refractivity contribution in [2.45, 2.75) is 18.4 Å². The third kappa shape index (κ3) is 1.03. The Balaban J connectivity index is 1.72. The fourth-order valence-corrected chi connectivity index (χ4v) is 2.13. The first-order valence-electron chi connectivity index (χ1n) is 4.89. The molecular formula is C8H13N5O. The number of aliphatic hydroxyl groups is 1. The molecule has 3 rings (SSSR count). The normalized spacial score (nSPS) is 24.9. The summed E-state index contributed by atoms with van der Waals surface area (Å²) in [5, 5.41) is 21.3. The van der Waals surface area contributed by atoms with Crippen molar-refractivity contribution in [2.24, 2.45) is 13.0 Å². The van der Waals surface area contributed by atoms with Crippen molar-refractivity contribution in [2.75, 3.05) is 18.0 Å². The van der Waals surface area contributed by atoms with Crippen LogP contribution in [0.25, 0.3) is 0 Å². The highest BCUT2D eigenvalue weighted by Crippen LogP contribution is 2.45. The molecule has 0 radical (unpaired) electrons. The molecule has 1 aromatic heterocycles. The van der Waals surface area contributed by atoms with Gasteiger partial charge in [0.05, 0.1) is 13.1 Å². The summed E-state index contributed by atoms with van der Waals surface area (Å²) in [4.78, 5) is 2.01. The number of hydrogen-bond acceptors (Lipinski definition) is 5. The quantitative estimate of drug-likeness (QED) is 0.667. The molecule has 0 spiro atoms. The second-order valence-electron chi connectivity index (χ2n) is 4.34. The number of anilines is 1. The van der Waals surface area contributed by atoms with E-state index in [1.165, 1.54) is 12.8 Å². The Kier molecular flexibility index (Phi) is 1.42. The maximum atomic E-state index is 10.1. The first-order valence-corrected chi connectivity index (χ1v) is 4.89. The summed E-state index contributed by atoms with van der Waals surface area (Å²) in [5.74, 6) is 1.26. The molecule has 6 nitrogen and oxygen atoms in total. The van der Waals surface area contributed by atoms with Crippen molar-refractivity contribution >= 4 is 5.95 Å². The molecular weight excluding hydrogens is 182 g/mol. The van der Waals surface area contributed by atoms with E-state index in [0.29, 0.717) is 19.0 Å². The predicted molar refractivity (Wildman–Crippen MR) is 48.7 cm³/mol. The van der Waals surface area contributed by atoms with Crippen molar-refractivity contribution in [3.05, 3.63) is 0 Å². The maximum absolute atomic E-state index is 10.1. The van der Waals surface area contributed by atoms with Crippen LogP contribution in [0, 0.1) is 5.92 Å². The van der Waals surface area contributed by atoms with Crippen LogP contribution in [0.3, 0.4) is 0 Å². The molecule has 0 amide bonds. The summed E-state index contributed by atoms with van der Waals surface area (Å²) >= 11 is 0. The molecule has 0 bridgehead atoms. The molecule has 0 aromatic carbocycles. The number of rotatable bonds is 2. The molecule has 1 aliphatic heterocycles. The lowest BCUT2D eigenvalue weighted by Gasteiger charge is -2.46. The Morgan fingerprint density at radius 1 is 1.43 bits per heavy atom. The van der Waals surface area contributed by atoms with Crippen LogP contribution in [0.2, 0.25) is 0 Å². The molecule has 1 aliphatic carbocycles. The average Bonchev–Trinajstić information content (AvgIpc) is 2.86. The van der Waals surface area contributed by atoms with Crippen LogP contribution < -0.4 is 4.90 Å². The molecule has 0 unspecified atom stereocenters. The minimum Gasteiger partial charge on any atom is -0.386 e. The third-order valence-electron chi connectivity index (χ3n) is 3.15. The van der Waals surface area contributed by atoms with E-state index in [-0.39, 0.29) is 0 Å². The molecule has 14 heavy (non-hydrogen) atoms. The molecule has 2 fully saturated rings. The van der Waals surface area contributed by atoms with Gasteiger partial charge < -0.3 is 10.0 Å². The zero-order valence-electron chi connectivity index (χ0n) is 8.09. The summed E-state index contributed by atoms with van der Waals surface area (Å²) < 4.78 is 1.63. The van der Waals surface area contributed by atoms with Crippen LogP contribution in [0.15, 0.2) is 0 Å². The second kappa shape index (κ2) is 2.44. The summed E-state index contributed by atoms with van der Waals surface area (Å²) in [6.07, 6.45) is 2.34. The van der Waals surface area contributed by atoms with E-state index in [4.69, 9.17) is 0 Å². The van der Waals surface area contributed by atoms with Gasteiger partial charge in [-0.2, -0.15) is 0 Å². The monoisotopic (exact) mass is 195 g/mol. The Bertz CT molecular complexity index is 352. The molecule has 2 heterocycles. The average molecular weight is 195 g/mol. The number of aromatic nitrogens is 4. The van der Waals surface area contributed by atoms with Gasteiger partial charge in [0.25, 0.3) is 0 Å². The zero-order chi connectivity index (χ0) is 9.76. The molecule has 2 aliphatic rings. The lowest BCUT2D eigenvalue weighted by atomic mass is 9.89. The molecule has 76 valence electrons. The first kappa shape index (κ1) is 8.16. The molecule has 0 atom stereocenters. The summed E-state index contributed by atoms with van der Waals surface area (Å²) in [6, 6.07) is 0. The first-order chi connectivity index (χ1) is 6.69. The van der Waals surface area contributed by atoms with Crippen LogP contribution in [-0.4, -0.2) is 44.0 Å². The van der Waals surface area contributed by atoms with E-state index in [0.717, 1.165) is 5.95 Å². The molecule has 6 heteroatoms. The van der Waals surface area contributed by atoms with E-state index >= 15 is 0 Å². The van der Waals surface area contributed by atoms with E-state index in [2.05, 4.69) is 15.5 Å². The van der Waals surface area contributed by atoms with Gasteiger partial charge in [0.1, 0.15) is 5.60 Å². The topological polar surface area (TPSA) is 67.1 Å². The molecule has 1 saturated carbocycles. The van der Waals surface area contributed by atoms with Gasteiger partial charge in [-0.1, -0.05) is 5.10 Å². The largest absolute Gasteiger partial charge is 0.386 e. The highest BCUT2D eigenvalue weighted by molar-refractivity contribution is 5.37. The van der Waals surface area contributed by atoms with Crippen LogP contribution in [0.4, 0.5) is 5.95 Å². The lowest BCUT2D eigenvalue weighted by Crippen LogP contribution is -2.64. The third-order valence-corrected chi connectivity index (χ3v) is 3.15. The molecule has 1 N–H and O–H groups in total. The summed E-state index contributed by atoms with van der Waals surface area (Å²) in [5.41, 5.74) is -0.466. The van der Waals surface area contributed by atoms with Gasteiger partial charge >= 0.3 is 0 Å². The smallest absolute Gasteiger partial charge is 0.245 e. The summed E-state index contributed by atoms with van der Waals surface area (Å²) in [6.45, 7) is 1.34.